The third-order valence-electron chi connectivity index (χ3n) is 2.56. The monoisotopic (exact) mass is 280 g/mol. The quantitative estimate of drug-likeness (QED) is 0.916. The number of pyridine rings is 1. The van der Waals surface area contributed by atoms with Crippen LogP contribution in [-0.4, -0.2) is 10.9 Å². The number of aryl methyl sites for hydroxylation is 1. The van der Waals surface area contributed by atoms with Gasteiger partial charge in [0.2, 0.25) is 5.91 Å². The summed E-state index contributed by atoms with van der Waals surface area (Å²) in [5.41, 5.74) is 7.65. The van der Waals surface area contributed by atoms with Crippen LogP contribution < -0.4 is 5.73 Å². The van der Waals surface area contributed by atoms with Gasteiger partial charge in [0.1, 0.15) is 0 Å². The van der Waals surface area contributed by atoms with Gasteiger partial charge >= 0.3 is 0 Å². The van der Waals surface area contributed by atoms with Crippen LogP contribution in [0.3, 0.4) is 0 Å². The van der Waals surface area contributed by atoms with Crippen molar-refractivity contribution < 1.29 is 4.79 Å². The lowest BCUT2D eigenvalue weighted by Crippen LogP contribution is -2.13. The lowest BCUT2D eigenvalue weighted by Gasteiger charge is -2.11. The molecule has 5 heteroatoms. The molecule has 0 saturated carbocycles. The molecule has 18 heavy (non-hydrogen) atoms. The van der Waals surface area contributed by atoms with Crippen molar-refractivity contribution in [3.63, 3.8) is 0 Å². The van der Waals surface area contributed by atoms with E-state index in [1.54, 1.807) is 24.4 Å². The van der Waals surface area contributed by atoms with Crippen LogP contribution in [0.2, 0.25) is 10.0 Å². The molecule has 0 aliphatic rings. The fraction of sp³-hybridized carbons (Fsp3) is 0.0769. The molecule has 2 aromatic rings. The number of aromatic nitrogens is 1. The van der Waals surface area contributed by atoms with Crippen LogP contribution in [0.25, 0.3) is 11.3 Å². The summed E-state index contributed by atoms with van der Waals surface area (Å²) >= 11 is 12.0. The number of hydrogen-bond donors (Lipinski definition) is 1. The lowest BCUT2D eigenvalue weighted by atomic mass is 9.98. The van der Waals surface area contributed by atoms with Crippen molar-refractivity contribution in [2.45, 2.75) is 6.92 Å². The van der Waals surface area contributed by atoms with Crippen molar-refractivity contribution in [3.8, 4) is 11.3 Å². The van der Waals surface area contributed by atoms with Crippen LogP contribution in [0.15, 0.2) is 30.5 Å². The van der Waals surface area contributed by atoms with Gasteiger partial charge in [-0.3, -0.25) is 9.78 Å². The Labute approximate surface area is 115 Å². The molecule has 0 bridgehead atoms. The largest absolute Gasteiger partial charge is 0.366 e. The minimum absolute atomic E-state index is 0.320. The number of benzene rings is 1. The number of carbonyl (C=O) groups is 1. The van der Waals surface area contributed by atoms with E-state index in [0.29, 0.717) is 26.9 Å². The number of hydrogen-bond acceptors (Lipinski definition) is 2. The first-order valence-electron chi connectivity index (χ1n) is 5.21. The summed E-state index contributed by atoms with van der Waals surface area (Å²) < 4.78 is 0. The number of amides is 1. The molecule has 0 unspecified atom stereocenters. The van der Waals surface area contributed by atoms with Gasteiger partial charge in [-0.15, -0.1) is 0 Å². The van der Waals surface area contributed by atoms with Gasteiger partial charge in [-0.05, 0) is 36.8 Å². The zero-order chi connectivity index (χ0) is 13.3. The summed E-state index contributed by atoms with van der Waals surface area (Å²) in [4.78, 5) is 15.7. The first-order chi connectivity index (χ1) is 8.50. The predicted octanol–water partition coefficient (Wildman–Crippen LogP) is 3.46. The van der Waals surface area contributed by atoms with E-state index in [2.05, 4.69) is 4.98 Å². The number of carbonyl (C=O) groups excluding carboxylic acids is 1. The zero-order valence-corrected chi connectivity index (χ0v) is 11.1. The first-order valence-corrected chi connectivity index (χ1v) is 5.97. The number of nitrogens with zero attached hydrogens (tertiary/aromatic N) is 1. The smallest absolute Gasteiger partial charge is 0.249 e. The van der Waals surface area contributed by atoms with Gasteiger partial charge in [-0.2, -0.15) is 0 Å². The molecule has 0 saturated heterocycles. The van der Waals surface area contributed by atoms with Crippen LogP contribution >= 0.6 is 23.2 Å². The summed E-state index contributed by atoms with van der Waals surface area (Å²) in [5.74, 6) is -0.558. The molecule has 3 nitrogen and oxygen atoms in total. The van der Waals surface area contributed by atoms with Crippen LogP contribution in [-0.2, 0) is 0 Å². The highest BCUT2D eigenvalue weighted by Gasteiger charge is 2.17. The van der Waals surface area contributed by atoms with Crippen molar-refractivity contribution in [1.82, 2.24) is 4.98 Å². The molecular formula is C13H10Cl2N2O. The molecule has 0 aliphatic carbocycles. The Morgan fingerprint density at radius 1 is 1.33 bits per heavy atom. The van der Waals surface area contributed by atoms with Gasteiger partial charge in [0.25, 0.3) is 0 Å². The van der Waals surface area contributed by atoms with Gasteiger partial charge in [0, 0.05) is 16.8 Å². The van der Waals surface area contributed by atoms with E-state index in [1.807, 2.05) is 6.92 Å². The molecule has 1 aromatic heterocycles. The average molecular weight is 281 g/mol. The number of rotatable bonds is 2. The number of halogens is 2. The normalized spacial score (nSPS) is 10.4. The van der Waals surface area contributed by atoms with Crippen molar-refractivity contribution in [2.24, 2.45) is 5.73 Å². The highest BCUT2D eigenvalue weighted by atomic mass is 35.5. The Hall–Kier alpha value is -1.58. The van der Waals surface area contributed by atoms with Gasteiger partial charge in [0.05, 0.1) is 16.3 Å². The zero-order valence-electron chi connectivity index (χ0n) is 9.58. The average Bonchev–Trinajstić information content (AvgIpc) is 2.29. The summed E-state index contributed by atoms with van der Waals surface area (Å²) in [6, 6.07) is 6.70. The maximum Gasteiger partial charge on any atom is 0.249 e. The lowest BCUT2D eigenvalue weighted by molar-refractivity contribution is 0.100. The van der Waals surface area contributed by atoms with Crippen LogP contribution in [0.4, 0.5) is 0 Å². The van der Waals surface area contributed by atoms with Crippen molar-refractivity contribution in [1.29, 1.82) is 0 Å². The van der Waals surface area contributed by atoms with E-state index < -0.39 is 5.91 Å². The Bertz CT molecular complexity index is 626. The van der Waals surface area contributed by atoms with E-state index >= 15 is 0 Å². The summed E-state index contributed by atoms with van der Waals surface area (Å²) in [7, 11) is 0. The maximum absolute atomic E-state index is 11.5. The molecule has 0 atom stereocenters. The highest BCUT2D eigenvalue weighted by molar-refractivity contribution is 6.33. The van der Waals surface area contributed by atoms with Crippen LogP contribution in [0.5, 0.6) is 0 Å². The molecule has 2 N–H and O–H groups in total. The Kier molecular flexibility index (Phi) is 3.55. The fourth-order valence-electron chi connectivity index (χ4n) is 1.82. The van der Waals surface area contributed by atoms with Crippen molar-refractivity contribution in [3.05, 3.63) is 51.6 Å². The summed E-state index contributed by atoms with van der Waals surface area (Å²) in [6.07, 6.45) is 1.61. The van der Waals surface area contributed by atoms with Crippen molar-refractivity contribution >= 4 is 29.1 Å². The Balaban J connectivity index is 2.78. The minimum Gasteiger partial charge on any atom is -0.366 e. The molecule has 0 radical (unpaired) electrons. The van der Waals surface area contributed by atoms with Gasteiger partial charge in [-0.1, -0.05) is 23.2 Å². The highest BCUT2D eigenvalue weighted by Crippen LogP contribution is 2.33. The van der Waals surface area contributed by atoms with Crippen LogP contribution in [0, 0.1) is 6.92 Å². The summed E-state index contributed by atoms with van der Waals surface area (Å²) in [5, 5.41) is 0.919. The molecule has 0 spiro atoms. The van der Waals surface area contributed by atoms with Gasteiger partial charge in [0.15, 0.2) is 0 Å². The second kappa shape index (κ2) is 4.96. The van der Waals surface area contributed by atoms with E-state index in [9.17, 15) is 4.79 Å². The maximum atomic E-state index is 11.5. The fourth-order valence-corrected chi connectivity index (χ4v) is 2.31. The Morgan fingerprint density at radius 3 is 2.67 bits per heavy atom. The molecule has 0 fully saturated rings. The molecular weight excluding hydrogens is 271 g/mol. The van der Waals surface area contributed by atoms with Crippen LogP contribution in [0.1, 0.15) is 15.9 Å². The number of primary amides is 1. The SMILES string of the molecule is Cc1cc(Cl)cc(C(N)=O)c1-c1ncccc1Cl. The predicted molar refractivity (Wildman–Crippen MR) is 72.9 cm³/mol. The van der Waals surface area contributed by atoms with E-state index in [0.717, 1.165) is 5.56 Å². The van der Waals surface area contributed by atoms with Gasteiger partial charge in [-0.25, -0.2) is 0 Å². The molecule has 1 amide bonds. The minimum atomic E-state index is -0.558. The third kappa shape index (κ3) is 2.33. The molecule has 2 rings (SSSR count). The molecule has 92 valence electrons. The first kappa shape index (κ1) is 12.9. The van der Waals surface area contributed by atoms with E-state index in [4.69, 9.17) is 28.9 Å². The molecule has 0 aliphatic heterocycles. The second-order valence-electron chi connectivity index (χ2n) is 3.84. The standard InChI is InChI=1S/C13H10Cl2N2O/c1-7-5-8(14)6-9(13(16)18)11(7)12-10(15)3-2-4-17-12/h2-6H,1H3,(H2,16,18). The topological polar surface area (TPSA) is 56.0 Å². The van der Waals surface area contributed by atoms with Crippen molar-refractivity contribution in [2.75, 3.05) is 0 Å². The number of nitrogens with two attached hydrogens (primary N) is 1. The summed E-state index contributed by atoms with van der Waals surface area (Å²) in [6.45, 7) is 1.83. The van der Waals surface area contributed by atoms with E-state index in [-0.39, 0.29) is 0 Å². The third-order valence-corrected chi connectivity index (χ3v) is 3.08. The molecule has 1 aromatic carbocycles. The molecule has 1 heterocycles. The second-order valence-corrected chi connectivity index (χ2v) is 4.69. The Morgan fingerprint density at radius 2 is 2.06 bits per heavy atom. The van der Waals surface area contributed by atoms with E-state index in [1.165, 1.54) is 6.07 Å². The van der Waals surface area contributed by atoms with Gasteiger partial charge < -0.3 is 5.73 Å².